The molecule has 15 heavy (non-hydrogen) atoms. The molecule has 0 aliphatic rings. The number of nitrogens with zero attached hydrogens (tertiary/aromatic N) is 1. The first kappa shape index (κ1) is 14.7. The molecule has 0 heterocycles. The van der Waals surface area contributed by atoms with Crippen molar-refractivity contribution in [1.29, 1.82) is 0 Å². The molecule has 1 N–H and O–H groups in total. The molecule has 0 amide bonds. The molecule has 0 atom stereocenters. The van der Waals surface area contributed by atoms with E-state index in [2.05, 4.69) is 19.2 Å². The van der Waals surface area contributed by atoms with Crippen LogP contribution in [0.2, 0.25) is 0 Å². The first-order valence-electron chi connectivity index (χ1n) is 5.27. The van der Waals surface area contributed by atoms with E-state index in [9.17, 15) is 13.2 Å². The number of alkyl halides is 3. The second-order valence-electron chi connectivity index (χ2n) is 4.29. The monoisotopic (exact) mass is 226 g/mol. The third-order valence-corrected chi connectivity index (χ3v) is 2.02. The highest BCUT2D eigenvalue weighted by Crippen LogP contribution is 2.14. The van der Waals surface area contributed by atoms with Crippen molar-refractivity contribution in [2.24, 2.45) is 5.92 Å². The molecule has 5 heteroatoms. The lowest BCUT2D eigenvalue weighted by atomic mass is 10.1. The van der Waals surface area contributed by atoms with Gasteiger partial charge >= 0.3 is 6.18 Å². The second kappa shape index (κ2) is 7.06. The average molecular weight is 226 g/mol. The summed E-state index contributed by atoms with van der Waals surface area (Å²) in [5.74, 6) is 0.630. The van der Waals surface area contributed by atoms with Gasteiger partial charge in [0, 0.05) is 13.1 Å². The fourth-order valence-corrected chi connectivity index (χ4v) is 1.17. The summed E-state index contributed by atoms with van der Waals surface area (Å²) in [4.78, 5) is 1.28. The topological polar surface area (TPSA) is 15.3 Å². The van der Waals surface area contributed by atoms with Gasteiger partial charge in [0.2, 0.25) is 0 Å². The summed E-state index contributed by atoms with van der Waals surface area (Å²) in [5, 5.41) is 3.12. The van der Waals surface area contributed by atoms with Gasteiger partial charge in [0.15, 0.2) is 0 Å². The molecule has 0 unspecified atom stereocenters. The second-order valence-corrected chi connectivity index (χ2v) is 4.29. The van der Waals surface area contributed by atoms with Crippen molar-refractivity contribution < 1.29 is 13.2 Å². The number of halogens is 3. The molecule has 0 rings (SSSR count). The van der Waals surface area contributed by atoms with E-state index in [0.717, 1.165) is 13.0 Å². The van der Waals surface area contributed by atoms with Crippen molar-refractivity contribution in [2.75, 3.05) is 33.2 Å². The van der Waals surface area contributed by atoms with Gasteiger partial charge in [-0.3, -0.25) is 4.90 Å². The van der Waals surface area contributed by atoms with E-state index >= 15 is 0 Å². The van der Waals surface area contributed by atoms with E-state index in [4.69, 9.17) is 0 Å². The summed E-state index contributed by atoms with van der Waals surface area (Å²) < 4.78 is 35.8. The Morgan fingerprint density at radius 3 is 2.27 bits per heavy atom. The molecule has 0 radical (unpaired) electrons. The largest absolute Gasteiger partial charge is 0.401 e. The van der Waals surface area contributed by atoms with Gasteiger partial charge in [0.1, 0.15) is 0 Å². The van der Waals surface area contributed by atoms with Crippen LogP contribution in [0.4, 0.5) is 13.2 Å². The standard InChI is InChI=1S/C10H21F3N2/c1-9(2)4-5-14-6-7-15(3)8-10(11,12)13/h9,14H,4-8H2,1-3H3. The first-order valence-corrected chi connectivity index (χ1v) is 5.27. The maximum Gasteiger partial charge on any atom is 0.401 e. The molecule has 0 fully saturated rings. The van der Waals surface area contributed by atoms with Gasteiger partial charge in [0.25, 0.3) is 0 Å². The van der Waals surface area contributed by atoms with E-state index in [1.54, 1.807) is 0 Å². The van der Waals surface area contributed by atoms with Gasteiger partial charge in [-0.1, -0.05) is 13.8 Å². The minimum atomic E-state index is -4.09. The van der Waals surface area contributed by atoms with Crippen molar-refractivity contribution in [1.82, 2.24) is 10.2 Å². The third kappa shape index (κ3) is 11.6. The Kier molecular flexibility index (Phi) is 6.92. The van der Waals surface area contributed by atoms with Crippen molar-refractivity contribution in [3.8, 4) is 0 Å². The highest BCUT2D eigenvalue weighted by molar-refractivity contribution is 4.60. The van der Waals surface area contributed by atoms with Gasteiger partial charge in [-0.05, 0) is 25.9 Å². The maximum absolute atomic E-state index is 11.9. The highest BCUT2D eigenvalue weighted by Gasteiger charge is 2.28. The molecule has 0 spiro atoms. The summed E-state index contributed by atoms with van der Waals surface area (Å²) >= 11 is 0. The number of likely N-dealkylation sites (N-methyl/N-ethyl adjacent to an activating group) is 1. The quantitative estimate of drug-likeness (QED) is 0.669. The van der Waals surface area contributed by atoms with E-state index < -0.39 is 12.7 Å². The van der Waals surface area contributed by atoms with Crippen LogP contribution in [0.3, 0.4) is 0 Å². The Morgan fingerprint density at radius 2 is 1.80 bits per heavy atom. The lowest BCUT2D eigenvalue weighted by molar-refractivity contribution is -0.142. The first-order chi connectivity index (χ1) is 6.81. The lowest BCUT2D eigenvalue weighted by Crippen LogP contribution is -2.36. The Labute approximate surface area is 89.8 Å². The maximum atomic E-state index is 11.9. The molecule has 2 nitrogen and oxygen atoms in total. The third-order valence-electron chi connectivity index (χ3n) is 2.02. The lowest BCUT2D eigenvalue weighted by Gasteiger charge is -2.18. The molecule has 0 bridgehead atoms. The molecule has 0 aliphatic carbocycles. The summed E-state index contributed by atoms with van der Waals surface area (Å²) in [7, 11) is 1.48. The zero-order valence-corrected chi connectivity index (χ0v) is 9.69. The van der Waals surface area contributed by atoms with E-state index in [0.29, 0.717) is 19.0 Å². The summed E-state index contributed by atoms with van der Waals surface area (Å²) in [6, 6.07) is 0. The molecular weight excluding hydrogens is 205 g/mol. The molecular formula is C10H21F3N2. The Bertz CT molecular complexity index is 157. The molecule has 0 aromatic heterocycles. The fraction of sp³-hybridized carbons (Fsp3) is 1.00. The minimum Gasteiger partial charge on any atom is -0.315 e. The van der Waals surface area contributed by atoms with Crippen LogP contribution in [0.15, 0.2) is 0 Å². The zero-order chi connectivity index (χ0) is 11.9. The number of hydrogen-bond donors (Lipinski definition) is 1. The molecule has 0 saturated heterocycles. The highest BCUT2D eigenvalue weighted by atomic mass is 19.4. The average Bonchev–Trinajstić information content (AvgIpc) is 1.99. The minimum absolute atomic E-state index is 0.428. The number of nitrogens with one attached hydrogen (secondary N) is 1. The van der Waals surface area contributed by atoms with Crippen molar-refractivity contribution in [3.63, 3.8) is 0 Å². The molecule has 0 aromatic rings. The van der Waals surface area contributed by atoms with E-state index in [1.807, 2.05) is 0 Å². The van der Waals surface area contributed by atoms with Crippen LogP contribution in [-0.4, -0.2) is 44.3 Å². The smallest absolute Gasteiger partial charge is 0.315 e. The summed E-state index contributed by atoms with van der Waals surface area (Å²) in [6.07, 6.45) is -3.03. The van der Waals surface area contributed by atoms with Gasteiger partial charge in [-0.15, -0.1) is 0 Å². The molecule has 92 valence electrons. The molecule has 0 aromatic carbocycles. The SMILES string of the molecule is CC(C)CCNCCN(C)CC(F)(F)F. The predicted octanol–water partition coefficient (Wildman–Crippen LogP) is 2.12. The summed E-state index contributed by atoms with van der Waals surface area (Å²) in [6.45, 7) is 5.32. The normalized spacial score (nSPS) is 12.8. The Hall–Kier alpha value is -0.290. The van der Waals surface area contributed by atoms with E-state index in [-0.39, 0.29) is 0 Å². The van der Waals surface area contributed by atoms with Crippen LogP contribution in [0, 0.1) is 5.92 Å². The van der Waals surface area contributed by atoms with Crippen molar-refractivity contribution in [2.45, 2.75) is 26.4 Å². The van der Waals surface area contributed by atoms with Gasteiger partial charge in [0.05, 0.1) is 6.54 Å². The van der Waals surface area contributed by atoms with Crippen molar-refractivity contribution >= 4 is 0 Å². The number of hydrogen-bond acceptors (Lipinski definition) is 2. The van der Waals surface area contributed by atoms with Crippen LogP contribution in [-0.2, 0) is 0 Å². The Balaban J connectivity index is 3.36. The zero-order valence-electron chi connectivity index (χ0n) is 9.69. The van der Waals surface area contributed by atoms with Gasteiger partial charge < -0.3 is 5.32 Å². The summed E-state index contributed by atoms with van der Waals surface area (Å²) in [5.41, 5.74) is 0. The molecule has 0 saturated carbocycles. The fourth-order valence-electron chi connectivity index (χ4n) is 1.17. The van der Waals surface area contributed by atoms with Gasteiger partial charge in [-0.2, -0.15) is 13.2 Å². The van der Waals surface area contributed by atoms with Gasteiger partial charge in [-0.25, -0.2) is 0 Å². The van der Waals surface area contributed by atoms with Crippen molar-refractivity contribution in [3.05, 3.63) is 0 Å². The number of rotatable bonds is 7. The molecule has 0 aliphatic heterocycles. The van der Waals surface area contributed by atoms with Crippen LogP contribution >= 0.6 is 0 Å². The Morgan fingerprint density at radius 1 is 1.20 bits per heavy atom. The van der Waals surface area contributed by atoms with Crippen LogP contribution in [0.5, 0.6) is 0 Å². The predicted molar refractivity (Wildman–Crippen MR) is 55.9 cm³/mol. The van der Waals surface area contributed by atoms with Crippen LogP contribution < -0.4 is 5.32 Å². The van der Waals surface area contributed by atoms with E-state index in [1.165, 1.54) is 11.9 Å². The van der Waals surface area contributed by atoms with Crippen LogP contribution in [0.1, 0.15) is 20.3 Å². The van der Waals surface area contributed by atoms with Crippen LogP contribution in [0.25, 0.3) is 0 Å².